The third kappa shape index (κ3) is 5.88. The maximum absolute atomic E-state index is 13.6. The van der Waals surface area contributed by atoms with Crippen LogP contribution in [0.5, 0.6) is 11.5 Å². The van der Waals surface area contributed by atoms with Gasteiger partial charge in [0.15, 0.2) is 0 Å². The molecule has 1 aliphatic rings. The number of esters is 1. The number of ether oxygens (including phenoxy) is 2. The first-order valence-electron chi connectivity index (χ1n) is 11.2. The summed E-state index contributed by atoms with van der Waals surface area (Å²) in [5.41, 5.74) is 0.101. The van der Waals surface area contributed by atoms with Gasteiger partial charge in [0, 0.05) is 17.3 Å². The zero-order valence-electron chi connectivity index (χ0n) is 19.3. The molecule has 0 aliphatic heterocycles. The Labute approximate surface area is 206 Å². The van der Waals surface area contributed by atoms with Crippen LogP contribution in [-0.2, 0) is 38.7 Å². The lowest BCUT2D eigenvalue weighted by molar-refractivity contribution is -0.144. The first kappa shape index (κ1) is 25.7. The highest BCUT2D eigenvalue weighted by Gasteiger charge is 2.34. The van der Waals surface area contributed by atoms with Crippen molar-refractivity contribution in [2.45, 2.75) is 49.8 Å². The summed E-state index contributed by atoms with van der Waals surface area (Å²) in [6, 6.07) is 9.76. The summed E-state index contributed by atoms with van der Waals surface area (Å²) in [7, 11) is -4.38. The first-order chi connectivity index (χ1) is 17.1. The second-order valence-electron chi connectivity index (χ2n) is 8.18. The van der Waals surface area contributed by atoms with Gasteiger partial charge in [0.2, 0.25) is 10.0 Å². The molecule has 0 fully saturated rings. The molecular weight excluding hydrogens is 499 g/mol. The Hall–Kier alpha value is -3.38. The summed E-state index contributed by atoms with van der Waals surface area (Å²) in [6.07, 6.45) is -1.72. The molecule has 0 bridgehead atoms. The summed E-state index contributed by atoms with van der Waals surface area (Å²) in [5, 5.41) is 4.19. The van der Waals surface area contributed by atoms with Crippen LogP contribution in [0.2, 0.25) is 0 Å². The molecule has 1 aliphatic carbocycles. The lowest BCUT2D eigenvalue weighted by atomic mass is 9.94. The molecule has 0 amide bonds. The van der Waals surface area contributed by atoms with Gasteiger partial charge >= 0.3 is 12.1 Å². The number of para-hydroxylation sites is 1. The third-order valence-corrected chi connectivity index (χ3v) is 7.09. The molecule has 2 aromatic carbocycles. The van der Waals surface area contributed by atoms with Gasteiger partial charge in [-0.2, -0.15) is 18.3 Å². The summed E-state index contributed by atoms with van der Waals surface area (Å²) in [5.74, 6) is -0.469. The molecule has 0 saturated carbocycles. The SMILES string of the molecule is CCOC(=O)Cn1ncc2c1CCCC2NS(=O)(=O)c1cc(Oc2ccccc2)cc(C(F)(F)F)c1. The van der Waals surface area contributed by atoms with Crippen molar-refractivity contribution in [2.75, 3.05) is 6.61 Å². The van der Waals surface area contributed by atoms with E-state index in [9.17, 15) is 26.4 Å². The van der Waals surface area contributed by atoms with Gasteiger partial charge in [-0.15, -0.1) is 0 Å². The lowest BCUT2D eigenvalue weighted by Crippen LogP contribution is -2.31. The quantitative estimate of drug-likeness (QED) is 0.433. The largest absolute Gasteiger partial charge is 0.465 e. The molecule has 0 spiro atoms. The highest BCUT2D eigenvalue weighted by Crippen LogP contribution is 2.36. The van der Waals surface area contributed by atoms with E-state index in [1.54, 1.807) is 37.3 Å². The number of halogens is 3. The van der Waals surface area contributed by atoms with Crippen molar-refractivity contribution in [3.05, 3.63) is 71.5 Å². The standard InChI is InChI=1S/C24H24F3N3O5S/c1-2-34-23(31)15-30-22-10-6-9-21(20(22)14-28-30)29-36(32,33)19-12-16(24(25,26)27)11-18(13-19)35-17-7-4-3-5-8-17/h3-5,7-8,11-14,21,29H,2,6,9-10,15H2,1H3. The van der Waals surface area contributed by atoms with E-state index in [1.807, 2.05) is 0 Å². The number of carbonyl (C=O) groups is 1. The average molecular weight is 524 g/mol. The fraction of sp³-hybridized carbons (Fsp3) is 0.333. The second-order valence-corrected chi connectivity index (χ2v) is 9.90. The van der Waals surface area contributed by atoms with Gasteiger partial charge in [0.1, 0.15) is 18.0 Å². The second kappa shape index (κ2) is 10.3. The van der Waals surface area contributed by atoms with Crippen LogP contribution in [-0.4, -0.2) is 30.8 Å². The number of carbonyl (C=O) groups excluding carboxylic acids is 1. The monoisotopic (exact) mass is 523 g/mol. The van der Waals surface area contributed by atoms with Crippen LogP contribution in [0.15, 0.2) is 59.6 Å². The van der Waals surface area contributed by atoms with E-state index < -0.39 is 38.7 Å². The molecule has 12 heteroatoms. The Morgan fingerprint density at radius 1 is 1.17 bits per heavy atom. The minimum Gasteiger partial charge on any atom is -0.465 e. The van der Waals surface area contributed by atoms with Crippen LogP contribution in [0.4, 0.5) is 13.2 Å². The third-order valence-electron chi connectivity index (χ3n) is 5.64. The molecule has 1 N–H and O–H groups in total. The van der Waals surface area contributed by atoms with Crippen molar-refractivity contribution in [1.29, 1.82) is 0 Å². The van der Waals surface area contributed by atoms with Crippen molar-refractivity contribution < 1.29 is 35.9 Å². The number of benzene rings is 2. The van der Waals surface area contributed by atoms with Gasteiger partial charge in [-0.3, -0.25) is 9.48 Å². The van der Waals surface area contributed by atoms with Gasteiger partial charge in [-0.05, 0) is 50.5 Å². The maximum Gasteiger partial charge on any atom is 0.416 e. The molecule has 36 heavy (non-hydrogen) atoms. The molecule has 1 atom stereocenters. The van der Waals surface area contributed by atoms with E-state index in [2.05, 4.69) is 9.82 Å². The van der Waals surface area contributed by atoms with Crippen molar-refractivity contribution in [1.82, 2.24) is 14.5 Å². The van der Waals surface area contributed by atoms with Crippen molar-refractivity contribution in [3.8, 4) is 11.5 Å². The van der Waals surface area contributed by atoms with Crippen molar-refractivity contribution in [2.24, 2.45) is 0 Å². The Morgan fingerprint density at radius 2 is 1.92 bits per heavy atom. The van der Waals surface area contributed by atoms with Crippen LogP contribution >= 0.6 is 0 Å². The highest BCUT2D eigenvalue weighted by atomic mass is 32.2. The van der Waals surface area contributed by atoms with E-state index in [0.29, 0.717) is 36.6 Å². The van der Waals surface area contributed by atoms with Crippen LogP contribution in [0, 0.1) is 0 Å². The molecule has 3 aromatic rings. The maximum atomic E-state index is 13.6. The fourth-order valence-corrected chi connectivity index (χ4v) is 5.34. The van der Waals surface area contributed by atoms with Crippen LogP contribution in [0.3, 0.4) is 0 Å². The van der Waals surface area contributed by atoms with Gasteiger partial charge in [0.25, 0.3) is 0 Å². The predicted molar refractivity (Wildman–Crippen MR) is 123 cm³/mol. The average Bonchev–Trinajstić information content (AvgIpc) is 3.22. The van der Waals surface area contributed by atoms with Crippen LogP contribution < -0.4 is 9.46 Å². The summed E-state index contributed by atoms with van der Waals surface area (Å²) in [6.45, 7) is 1.79. The van der Waals surface area contributed by atoms with Crippen LogP contribution in [0.25, 0.3) is 0 Å². The predicted octanol–water partition coefficient (Wildman–Crippen LogP) is 4.61. The number of hydrogen-bond donors (Lipinski definition) is 1. The Morgan fingerprint density at radius 3 is 2.61 bits per heavy atom. The summed E-state index contributed by atoms with van der Waals surface area (Å²) >= 11 is 0. The number of aromatic nitrogens is 2. The molecule has 1 heterocycles. The zero-order valence-corrected chi connectivity index (χ0v) is 20.1. The number of fused-ring (bicyclic) bond motifs is 1. The Balaban J connectivity index is 1.63. The topological polar surface area (TPSA) is 99.5 Å². The van der Waals surface area contributed by atoms with E-state index in [4.69, 9.17) is 9.47 Å². The fourth-order valence-electron chi connectivity index (χ4n) is 4.04. The highest BCUT2D eigenvalue weighted by molar-refractivity contribution is 7.89. The van der Waals surface area contributed by atoms with Crippen molar-refractivity contribution in [3.63, 3.8) is 0 Å². The summed E-state index contributed by atoms with van der Waals surface area (Å²) < 4.78 is 81.6. The van der Waals surface area contributed by atoms with Gasteiger partial charge in [-0.25, -0.2) is 13.1 Å². The van der Waals surface area contributed by atoms with Gasteiger partial charge in [0.05, 0.1) is 29.3 Å². The number of rotatable bonds is 8. The molecule has 8 nitrogen and oxygen atoms in total. The van der Waals surface area contributed by atoms with E-state index in [1.165, 1.54) is 10.9 Å². The molecule has 0 radical (unpaired) electrons. The minimum atomic E-state index is -4.79. The Kier molecular flexibility index (Phi) is 7.36. The number of nitrogens with one attached hydrogen (secondary N) is 1. The van der Waals surface area contributed by atoms with Gasteiger partial charge < -0.3 is 9.47 Å². The lowest BCUT2D eigenvalue weighted by Gasteiger charge is -2.24. The number of sulfonamides is 1. The normalized spacial score (nSPS) is 15.8. The van der Waals surface area contributed by atoms with Gasteiger partial charge in [-0.1, -0.05) is 18.2 Å². The number of hydrogen-bond acceptors (Lipinski definition) is 6. The first-order valence-corrected chi connectivity index (χ1v) is 12.7. The summed E-state index contributed by atoms with van der Waals surface area (Å²) in [4.78, 5) is 11.3. The zero-order chi connectivity index (χ0) is 25.9. The number of nitrogens with zero attached hydrogens (tertiary/aromatic N) is 2. The van der Waals surface area contributed by atoms with Crippen LogP contribution in [0.1, 0.15) is 42.6 Å². The van der Waals surface area contributed by atoms with E-state index >= 15 is 0 Å². The molecule has 4 rings (SSSR count). The number of alkyl halides is 3. The molecule has 192 valence electrons. The molecular formula is C24H24F3N3O5S. The minimum absolute atomic E-state index is 0.115. The van der Waals surface area contributed by atoms with Crippen molar-refractivity contribution >= 4 is 16.0 Å². The Bertz CT molecular complexity index is 1340. The smallest absolute Gasteiger partial charge is 0.416 e. The molecule has 1 aromatic heterocycles. The molecule has 1 unspecified atom stereocenters. The molecule has 0 saturated heterocycles. The van der Waals surface area contributed by atoms with E-state index in [0.717, 1.165) is 12.1 Å². The van der Waals surface area contributed by atoms with E-state index in [-0.39, 0.29) is 24.7 Å².